The number of benzene rings is 10. The maximum absolute atomic E-state index is 10.0. The van der Waals surface area contributed by atoms with Gasteiger partial charge in [0.2, 0.25) is 0 Å². The summed E-state index contributed by atoms with van der Waals surface area (Å²) in [6, 6.07) is 20.1. The van der Waals surface area contributed by atoms with Crippen LogP contribution in [0.1, 0.15) is 31.5 Å². The van der Waals surface area contributed by atoms with Crippen LogP contribution in [0.15, 0.2) is 254 Å². The molecule has 69 heavy (non-hydrogen) atoms. The van der Waals surface area contributed by atoms with Gasteiger partial charge in [-0.25, -0.2) is 15.0 Å². The Kier molecular flexibility index (Phi) is 5.76. The molecule has 13 aromatic rings. The molecule has 4 nitrogen and oxygen atoms in total. The first-order chi connectivity index (χ1) is 43.8. The smallest absolute Gasteiger partial charge is 0.179 e. The van der Waals surface area contributed by atoms with Crippen molar-refractivity contribution in [3.63, 3.8) is 0 Å². The van der Waals surface area contributed by atoms with Crippen LogP contribution in [-0.2, 0) is 0 Å². The Labute approximate surface area is 437 Å². The van der Waals surface area contributed by atoms with Gasteiger partial charge in [0.05, 0.1) is 42.6 Å². The van der Waals surface area contributed by atoms with E-state index >= 15 is 0 Å². The molecule has 0 radical (unpaired) electrons. The van der Waals surface area contributed by atoms with Crippen molar-refractivity contribution in [2.45, 2.75) is 0 Å². The zero-order chi connectivity index (χ0) is 65.7. The second kappa shape index (κ2) is 17.0. The quantitative estimate of drug-likeness (QED) is 0.107. The number of hydrogen-bond donors (Lipinski definition) is 0. The minimum Gasteiger partial charge on any atom is -0.309 e. The Morgan fingerprint density at radius 3 is 1.43 bits per heavy atom. The van der Waals surface area contributed by atoms with Crippen molar-refractivity contribution in [3.05, 3.63) is 254 Å². The van der Waals surface area contributed by atoms with Crippen LogP contribution in [0, 0.1) is 0 Å². The summed E-state index contributed by atoms with van der Waals surface area (Å²) in [4.78, 5) is 14.2. The maximum Gasteiger partial charge on any atom is 0.179 e. The first-order valence-electron chi connectivity index (χ1n) is 33.0. The summed E-state index contributed by atoms with van der Waals surface area (Å²) in [5.74, 6) is -1.49. The van der Waals surface area contributed by atoms with Gasteiger partial charge in [-0.15, -0.1) is 11.3 Å². The van der Waals surface area contributed by atoms with Crippen LogP contribution in [-0.4, -0.2) is 27.6 Å². The standard InChI is InChI=1S/C63H42N4SSi/c1-4-19-49(20-5-1)69(50-21-6-2-7-22-50,51-23-8-3-9-24-51)52-38-35-45(36-39-52)62-64-61(44-33-31-43(32-34-44)46-37-40-56-55-27-12-15-30-59(55)68-60(56)42-46)65-63(66-62)47-17-16-18-48(41-47)67-57-28-13-10-25-53(57)54-26-11-14-29-58(54)67/h1-42H/i10D,11D,12D,13D,14D,15D,16D,17D,18D,25D,26D,27D,28D,29D,30D,31D,32D,33D,34D,37D,40D,41D,42D. The van der Waals surface area contributed by atoms with Crippen LogP contribution in [0.4, 0.5) is 0 Å². The fourth-order valence-corrected chi connectivity index (χ4v) is 14.5. The highest BCUT2D eigenvalue weighted by Gasteiger charge is 2.41. The van der Waals surface area contributed by atoms with Gasteiger partial charge in [-0.1, -0.05) is 218 Å². The molecule has 3 heterocycles. The molecule has 0 aliphatic rings. The van der Waals surface area contributed by atoms with E-state index in [2.05, 4.69) is 41.4 Å². The molecule has 0 spiro atoms. The van der Waals surface area contributed by atoms with E-state index in [9.17, 15) is 17.8 Å². The first kappa shape index (κ1) is 23.4. The first-order valence-corrected chi connectivity index (χ1v) is 24.3. The molecule has 3 aromatic heterocycles. The van der Waals surface area contributed by atoms with Crippen molar-refractivity contribution < 1.29 is 31.5 Å². The van der Waals surface area contributed by atoms with Crippen LogP contribution in [0.2, 0.25) is 0 Å². The van der Waals surface area contributed by atoms with Crippen LogP contribution in [0.25, 0.3) is 93.0 Å². The van der Waals surface area contributed by atoms with Crippen LogP contribution >= 0.6 is 11.3 Å². The number of fused-ring (bicyclic) bond motifs is 6. The molecule has 0 bridgehead atoms. The van der Waals surface area contributed by atoms with Crippen molar-refractivity contribution in [2.24, 2.45) is 0 Å². The molecule has 0 fully saturated rings. The maximum atomic E-state index is 10.0. The van der Waals surface area contributed by atoms with Gasteiger partial charge in [-0.2, -0.15) is 0 Å². The number of nitrogens with zero attached hydrogens (tertiary/aromatic N) is 4. The monoisotopic (exact) mass is 937 g/mol. The fraction of sp³-hybridized carbons (Fsp3) is 0. The second-order valence-corrected chi connectivity index (χ2v) is 20.6. The van der Waals surface area contributed by atoms with Crippen molar-refractivity contribution in [1.82, 2.24) is 19.5 Å². The summed E-state index contributed by atoms with van der Waals surface area (Å²) < 4.78 is 210. The molecule has 0 unspecified atom stereocenters. The van der Waals surface area contributed by atoms with Gasteiger partial charge in [-0.05, 0) is 68.1 Å². The van der Waals surface area contributed by atoms with Gasteiger partial charge in [0, 0.05) is 53.3 Å². The third-order valence-corrected chi connectivity index (χ3v) is 17.7. The molecular formula is C63H42N4SSi. The van der Waals surface area contributed by atoms with Crippen LogP contribution < -0.4 is 20.7 Å². The fourth-order valence-electron chi connectivity index (χ4n) is 8.84. The van der Waals surface area contributed by atoms with E-state index in [1.807, 2.05) is 66.7 Å². The van der Waals surface area contributed by atoms with E-state index in [1.54, 1.807) is 12.1 Å². The Balaban J connectivity index is 1.10. The number of hydrogen-bond acceptors (Lipinski definition) is 4. The lowest BCUT2D eigenvalue weighted by Crippen LogP contribution is -2.74. The number of para-hydroxylation sites is 2. The van der Waals surface area contributed by atoms with Crippen molar-refractivity contribution in [2.75, 3.05) is 0 Å². The van der Waals surface area contributed by atoms with Gasteiger partial charge in [-0.3, -0.25) is 0 Å². The molecule has 13 rings (SSSR count). The topological polar surface area (TPSA) is 43.6 Å². The van der Waals surface area contributed by atoms with E-state index in [4.69, 9.17) is 23.7 Å². The van der Waals surface area contributed by atoms with Gasteiger partial charge >= 0.3 is 0 Å². The predicted molar refractivity (Wildman–Crippen MR) is 292 cm³/mol. The minimum atomic E-state index is -3.18. The third kappa shape index (κ3) is 7.00. The van der Waals surface area contributed by atoms with E-state index in [0.717, 1.165) is 36.7 Å². The molecule has 0 saturated heterocycles. The molecule has 0 saturated carbocycles. The van der Waals surface area contributed by atoms with E-state index < -0.39 is 208 Å². The summed E-state index contributed by atoms with van der Waals surface area (Å²) >= 11 is 0.744. The molecule has 0 N–H and O–H groups in total. The highest BCUT2D eigenvalue weighted by Crippen LogP contribution is 2.37. The van der Waals surface area contributed by atoms with E-state index in [-0.39, 0.29) is 31.6 Å². The van der Waals surface area contributed by atoms with Crippen molar-refractivity contribution >= 4 is 82.1 Å². The lowest BCUT2D eigenvalue weighted by molar-refractivity contribution is 1.07. The zero-order valence-corrected chi connectivity index (χ0v) is 37.5. The van der Waals surface area contributed by atoms with Crippen molar-refractivity contribution in [1.29, 1.82) is 0 Å². The van der Waals surface area contributed by atoms with Gasteiger partial charge < -0.3 is 4.57 Å². The number of aromatic nitrogens is 4. The lowest BCUT2D eigenvalue weighted by Gasteiger charge is -2.34. The van der Waals surface area contributed by atoms with E-state index in [0.29, 0.717) is 0 Å². The van der Waals surface area contributed by atoms with E-state index in [1.165, 1.54) is 0 Å². The second-order valence-electron chi connectivity index (χ2n) is 15.7. The Bertz CT molecular complexity index is 5180. The van der Waals surface area contributed by atoms with Crippen molar-refractivity contribution in [3.8, 4) is 51.0 Å². The average Bonchev–Trinajstić information content (AvgIpc) is 1.55. The Morgan fingerprint density at radius 2 is 0.826 bits per heavy atom. The van der Waals surface area contributed by atoms with Crippen LogP contribution in [0.3, 0.4) is 0 Å². The molecule has 0 aliphatic heterocycles. The molecule has 0 amide bonds. The summed E-state index contributed by atoms with van der Waals surface area (Å²) in [6.45, 7) is 0. The van der Waals surface area contributed by atoms with Gasteiger partial charge in [0.25, 0.3) is 0 Å². The molecule has 0 aliphatic carbocycles. The summed E-state index contributed by atoms with van der Waals surface area (Å²) in [5, 5.41) is 2.97. The Hall–Kier alpha value is -8.55. The summed E-state index contributed by atoms with van der Waals surface area (Å²) in [7, 11) is -3.18. The van der Waals surface area contributed by atoms with Gasteiger partial charge in [0.15, 0.2) is 25.5 Å². The molecular weight excluding hydrogens is 873 g/mol. The minimum absolute atomic E-state index is 0.00924. The number of rotatable bonds is 9. The van der Waals surface area contributed by atoms with Gasteiger partial charge in [0.1, 0.15) is 0 Å². The highest BCUT2D eigenvalue weighted by molar-refractivity contribution is 7.25. The molecule has 324 valence electrons. The Morgan fingerprint density at radius 1 is 0.348 bits per heavy atom. The highest BCUT2D eigenvalue weighted by atomic mass is 32.1. The summed E-state index contributed by atoms with van der Waals surface area (Å²) in [5.41, 5.74) is -3.82. The zero-order valence-electron chi connectivity index (χ0n) is 58.7. The third-order valence-electron chi connectivity index (χ3n) is 11.9. The number of thiophene rings is 1. The SMILES string of the molecule is [2H]c1c([2H])c(-c2nc(-c3ccc([Si](c4ccccc4)(c4ccccc4)c4ccccc4)cc3)nc(-c3c([2H])c([2H])c(-c4c([2H])c([2H])c5c(sc6c([2H])c([2H])c([2H])c([2H])c65)c4[2H])c([2H])c3[2H])n2)c([2H])c(-n2c3c([2H])c([2H])c([2H])c([2H])c3c3c([2H])c([2H])c([2H])c([2H])c32)c1[2H]. The summed E-state index contributed by atoms with van der Waals surface area (Å²) in [6.07, 6.45) is 0. The largest absolute Gasteiger partial charge is 0.309 e. The average molecular weight is 938 g/mol. The molecule has 6 heteroatoms. The normalized spacial score (nSPS) is 16.4. The predicted octanol–water partition coefficient (Wildman–Crippen LogP) is 13.4. The lowest BCUT2D eigenvalue weighted by atomic mass is 10.0. The molecule has 10 aromatic carbocycles. The molecule has 0 atom stereocenters. The van der Waals surface area contributed by atoms with Crippen LogP contribution in [0.5, 0.6) is 0 Å².